The number of aromatic nitrogens is 2. The van der Waals surface area contributed by atoms with Crippen LogP contribution >= 0.6 is 11.6 Å². The second-order valence-electron chi connectivity index (χ2n) is 9.66. The van der Waals surface area contributed by atoms with E-state index in [1.807, 2.05) is 11.0 Å². The molecule has 38 heavy (non-hydrogen) atoms. The van der Waals surface area contributed by atoms with Gasteiger partial charge in [-0.1, -0.05) is 11.6 Å². The van der Waals surface area contributed by atoms with Gasteiger partial charge in [-0.15, -0.1) is 0 Å². The third-order valence-corrected chi connectivity index (χ3v) is 9.52. The monoisotopic (exact) mass is 580 g/mol. The largest absolute Gasteiger partial charge is 0.352 e. The lowest BCUT2D eigenvalue weighted by molar-refractivity contribution is 0.258. The molecule has 1 aliphatic carbocycles. The predicted molar refractivity (Wildman–Crippen MR) is 146 cm³/mol. The van der Waals surface area contributed by atoms with Crippen LogP contribution in [0.25, 0.3) is 0 Å². The summed E-state index contributed by atoms with van der Waals surface area (Å²) < 4.78 is 59.7. The lowest BCUT2D eigenvalue weighted by atomic mass is 10.0. The van der Waals surface area contributed by atoms with Gasteiger partial charge in [0, 0.05) is 43.5 Å². The van der Waals surface area contributed by atoms with Crippen molar-refractivity contribution in [3.05, 3.63) is 71.1 Å². The zero-order valence-corrected chi connectivity index (χ0v) is 23.2. The lowest BCUT2D eigenvalue weighted by Gasteiger charge is -2.44. The Hall–Kier alpha value is -2.83. The van der Waals surface area contributed by atoms with E-state index in [9.17, 15) is 8.42 Å². The van der Waals surface area contributed by atoms with Crippen LogP contribution in [-0.2, 0) is 22.0 Å². The highest BCUT2D eigenvalue weighted by atomic mass is 35.5. The molecule has 1 aliphatic heterocycles. The first-order chi connectivity index (χ1) is 18.1. The van der Waals surface area contributed by atoms with Gasteiger partial charge in [0.05, 0.1) is 26.7 Å². The normalized spacial score (nSPS) is 18.1. The van der Waals surface area contributed by atoms with Crippen molar-refractivity contribution in [2.45, 2.75) is 42.4 Å². The minimum atomic E-state index is -1.98. The molecule has 2 atom stereocenters. The summed E-state index contributed by atoms with van der Waals surface area (Å²) >= 11 is 5.97. The van der Waals surface area contributed by atoms with Crippen LogP contribution in [0.4, 0.5) is 20.3 Å². The van der Waals surface area contributed by atoms with Crippen LogP contribution < -0.4 is 9.62 Å². The van der Waals surface area contributed by atoms with Crippen molar-refractivity contribution in [3.63, 3.8) is 0 Å². The smallest absolute Gasteiger partial charge is 0.151 e. The van der Waals surface area contributed by atoms with E-state index < -0.39 is 39.1 Å². The van der Waals surface area contributed by atoms with Crippen molar-refractivity contribution >= 4 is 50.9 Å². The third kappa shape index (κ3) is 5.08. The van der Waals surface area contributed by atoms with Crippen molar-refractivity contribution in [1.29, 1.82) is 5.41 Å². The summed E-state index contributed by atoms with van der Waals surface area (Å²) in [4.78, 5) is 8.57. The highest BCUT2D eigenvalue weighted by molar-refractivity contribution is 7.86. The molecule has 0 bridgehead atoms. The molecule has 0 amide bonds. The number of pyridine rings is 1. The van der Waals surface area contributed by atoms with Crippen molar-refractivity contribution < 1.29 is 17.2 Å². The Morgan fingerprint density at radius 3 is 2.53 bits per heavy atom. The number of nitrogens with one attached hydrogen (secondary N) is 2. The number of hydrogen-bond donors (Lipinski definition) is 2. The molecule has 8 nitrogen and oxygen atoms in total. The highest BCUT2D eigenvalue weighted by Crippen LogP contribution is 2.46. The zero-order chi connectivity index (χ0) is 27.2. The molecule has 2 aliphatic rings. The molecule has 3 aromatic rings. The molecular formula is C25H27ClF2N6O2S2. The van der Waals surface area contributed by atoms with Gasteiger partial charge in [-0.05, 0) is 57.0 Å². The first-order valence-electron chi connectivity index (χ1n) is 12.1. The molecule has 3 heterocycles. The molecule has 2 aromatic heterocycles. The average molecular weight is 581 g/mol. The Morgan fingerprint density at radius 1 is 1.13 bits per heavy atom. The topological polar surface area (TPSA) is 94.3 Å². The van der Waals surface area contributed by atoms with E-state index >= 15 is 8.78 Å². The lowest BCUT2D eigenvalue weighted by Crippen LogP contribution is -2.57. The maximum Gasteiger partial charge on any atom is 0.151 e. The van der Waals surface area contributed by atoms with Crippen molar-refractivity contribution in [3.8, 4) is 0 Å². The van der Waals surface area contributed by atoms with Gasteiger partial charge in [-0.2, -0.15) is 0 Å². The Bertz CT molecular complexity index is 1430. The average Bonchev–Trinajstić information content (AvgIpc) is 3.46. The van der Waals surface area contributed by atoms with Crippen LogP contribution in [0.3, 0.4) is 0 Å². The number of benzene rings is 1. The molecule has 5 rings (SSSR count). The summed E-state index contributed by atoms with van der Waals surface area (Å²) in [6, 6.07) is 7.04. The van der Waals surface area contributed by atoms with Gasteiger partial charge >= 0.3 is 0 Å². The molecule has 1 spiro atoms. The Kier molecular flexibility index (Phi) is 7.31. The minimum absolute atomic E-state index is 0.157. The van der Waals surface area contributed by atoms with E-state index in [1.54, 1.807) is 26.1 Å². The number of anilines is 2. The van der Waals surface area contributed by atoms with Gasteiger partial charge in [0.1, 0.15) is 34.3 Å². The van der Waals surface area contributed by atoms with Crippen LogP contribution in [0, 0.1) is 17.0 Å². The Balaban J connectivity index is 1.39. The fourth-order valence-corrected chi connectivity index (χ4v) is 6.60. The predicted octanol–water partition coefficient (Wildman–Crippen LogP) is 4.55. The zero-order valence-electron chi connectivity index (χ0n) is 20.8. The number of halogens is 3. The molecule has 2 fully saturated rings. The molecule has 1 aromatic carbocycles. The Labute approximate surface area is 229 Å². The second-order valence-corrected chi connectivity index (χ2v) is 13.2. The number of hydrogen-bond acceptors (Lipinski definition) is 5. The first kappa shape index (κ1) is 26.8. The van der Waals surface area contributed by atoms with Crippen LogP contribution in [0.2, 0.25) is 5.02 Å². The van der Waals surface area contributed by atoms with Gasteiger partial charge in [0.2, 0.25) is 0 Å². The summed E-state index contributed by atoms with van der Waals surface area (Å²) in [5.74, 6) is -1.00. The van der Waals surface area contributed by atoms with Gasteiger partial charge in [-0.3, -0.25) is 14.1 Å². The van der Waals surface area contributed by atoms with E-state index in [1.165, 1.54) is 22.4 Å². The molecule has 1 saturated heterocycles. The van der Waals surface area contributed by atoms with Crippen LogP contribution in [0.1, 0.15) is 32.3 Å². The van der Waals surface area contributed by atoms with Crippen LogP contribution in [-0.4, -0.2) is 58.5 Å². The minimum Gasteiger partial charge on any atom is -0.352 e. The molecule has 2 unspecified atom stereocenters. The van der Waals surface area contributed by atoms with Crippen molar-refractivity contribution in [2.24, 2.45) is 0 Å². The summed E-state index contributed by atoms with van der Waals surface area (Å²) in [6.07, 6.45) is 6.16. The van der Waals surface area contributed by atoms with Gasteiger partial charge in [0.15, 0.2) is 11.0 Å². The van der Waals surface area contributed by atoms with E-state index in [2.05, 4.69) is 14.6 Å². The van der Waals surface area contributed by atoms with Gasteiger partial charge in [0.25, 0.3) is 0 Å². The molecular weight excluding hydrogens is 554 g/mol. The SMILES string of the molecule is CC(C)S(=O)n1ccc(S(=O)Nc2c(F)ccc(F)c2C(=N)N2CCN(c3ccc(Cl)cn3)CC23CC3)c1. The van der Waals surface area contributed by atoms with Crippen molar-refractivity contribution in [2.75, 3.05) is 29.3 Å². The fraction of sp³-hybridized carbons (Fsp3) is 0.360. The fourth-order valence-electron chi connectivity index (χ4n) is 4.64. The number of amidine groups is 1. The molecule has 13 heteroatoms. The van der Waals surface area contributed by atoms with Crippen LogP contribution in [0.5, 0.6) is 0 Å². The number of rotatable bonds is 7. The van der Waals surface area contributed by atoms with E-state index in [4.69, 9.17) is 17.0 Å². The quantitative estimate of drug-likeness (QED) is 0.316. The first-order valence-corrected chi connectivity index (χ1v) is 14.8. The summed E-state index contributed by atoms with van der Waals surface area (Å²) in [5, 5.41) is 9.32. The third-order valence-electron chi connectivity index (χ3n) is 6.78. The van der Waals surface area contributed by atoms with Crippen molar-refractivity contribution in [1.82, 2.24) is 13.9 Å². The van der Waals surface area contributed by atoms with Gasteiger partial charge < -0.3 is 9.80 Å². The summed E-state index contributed by atoms with van der Waals surface area (Å²) in [5.41, 5.74) is -1.01. The van der Waals surface area contributed by atoms with E-state index in [0.717, 1.165) is 30.8 Å². The molecule has 1 saturated carbocycles. The van der Waals surface area contributed by atoms with Crippen LogP contribution in [0.15, 0.2) is 53.8 Å². The summed E-state index contributed by atoms with van der Waals surface area (Å²) in [6.45, 7) is 5.11. The van der Waals surface area contributed by atoms with E-state index in [0.29, 0.717) is 24.7 Å². The number of piperazine rings is 1. The maximum atomic E-state index is 15.2. The summed E-state index contributed by atoms with van der Waals surface area (Å²) in [7, 11) is -3.34. The Morgan fingerprint density at radius 2 is 1.87 bits per heavy atom. The molecule has 0 radical (unpaired) electrons. The van der Waals surface area contributed by atoms with E-state index in [-0.39, 0.29) is 27.2 Å². The standard InChI is InChI=1S/C25H27ClF2N6O2S2/c1-16(2)38(36)33-10-7-18(14-33)37(35)31-23-20(28)5-4-19(27)22(23)24(29)34-12-11-32(15-25(34)8-9-25)21-6-3-17(26)13-30-21/h3-7,10,13-14,16,29,31H,8-9,11-12,15H2,1-2H3. The maximum absolute atomic E-state index is 15.2. The molecule has 2 N–H and O–H groups in total. The second kappa shape index (κ2) is 10.4. The van der Waals surface area contributed by atoms with Gasteiger partial charge in [-0.25, -0.2) is 22.2 Å². The number of nitrogens with zero attached hydrogens (tertiary/aromatic N) is 4. The highest BCUT2D eigenvalue weighted by Gasteiger charge is 2.53. The molecule has 202 valence electrons.